The second kappa shape index (κ2) is 12.0. The first-order valence-corrected chi connectivity index (χ1v) is 15.2. The van der Waals surface area contributed by atoms with Gasteiger partial charge in [-0.15, -0.1) is 10.2 Å². The maximum Gasteiger partial charge on any atom is 0.337 e. The summed E-state index contributed by atoms with van der Waals surface area (Å²) in [6.45, 7) is 2.02. The van der Waals surface area contributed by atoms with Gasteiger partial charge in [0.15, 0.2) is 27.2 Å². The predicted molar refractivity (Wildman–Crippen MR) is 165 cm³/mol. The number of Topliss-reactive ketones (excluding diaryl/α,β-unsaturated/α-hetero) is 1. The fourth-order valence-corrected chi connectivity index (χ4v) is 6.72. The summed E-state index contributed by atoms with van der Waals surface area (Å²) < 4.78 is 16.7. The van der Waals surface area contributed by atoms with Gasteiger partial charge in [0.05, 0.1) is 31.4 Å². The number of methoxy groups -OCH3 is 2. The fourth-order valence-electron chi connectivity index (χ4n) is 4.90. The molecule has 2 aromatic heterocycles. The van der Waals surface area contributed by atoms with Crippen molar-refractivity contribution in [1.29, 1.82) is 0 Å². The van der Waals surface area contributed by atoms with Gasteiger partial charge in [0, 0.05) is 11.1 Å². The van der Waals surface area contributed by atoms with E-state index in [9.17, 15) is 19.5 Å². The van der Waals surface area contributed by atoms with E-state index in [1.807, 2.05) is 31.2 Å². The van der Waals surface area contributed by atoms with E-state index in [2.05, 4.69) is 10.2 Å². The van der Waals surface area contributed by atoms with Crippen molar-refractivity contribution in [2.75, 3.05) is 19.1 Å². The van der Waals surface area contributed by atoms with Gasteiger partial charge >= 0.3 is 5.97 Å². The first-order chi connectivity index (χ1) is 21.3. The Morgan fingerprint density at radius 3 is 2.50 bits per heavy atom. The van der Waals surface area contributed by atoms with E-state index in [4.69, 9.17) is 13.9 Å². The number of aliphatic hydroxyl groups is 1. The maximum atomic E-state index is 14.0. The summed E-state index contributed by atoms with van der Waals surface area (Å²) in [5.41, 5.74) is 3.17. The van der Waals surface area contributed by atoms with Crippen LogP contribution in [0.25, 0.3) is 11.0 Å². The summed E-state index contributed by atoms with van der Waals surface area (Å²) >= 11 is 2.63. The van der Waals surface area contributed by atoms with Crippen LogP contribution in [0.1, 0.15) is 43.6 Å². The van der Waals surface area contributed by atoms with Gasteiger partial charge in [-0.1, -0.05) is 77.2 Å². The van der Waals surface area contributed by atoms with Crippen molar-refractivity contribution in [3.05, 3.63) is 112 Å². The Morgan fingerprint density at radius 2 is 1.80 bits per heavy atom. The van der Waals surface area contributed by atoms with Gasteiger partial charge in [0.2, 0.25) is 10.9 Å². The number of esters is 1. The summed E-state index contributed by atoms with van der Waals surface area (Å²) in [5, 5.41) is 20.5. The number of para-hydroxylation sites is 1. The summed E-state index contributed by atoms with van der Waals surface area (Å²) in [4.78, 5) is 40.9. The molecule has 1 atom stereocenters. The summed E-state index contributed by atoms with van der Waals surface area (Å²) in [6.07, 6.45) is 0. The number of aromatic nitrogens is 2. The minimum atomic E-state index is -1.08. The van der Waals surface area contributed by atoms with Gasteiger partial charge in [-0.25, -0.2) is 4.79 Å². The molecular formula is C32H25N3O7S2. The van der Waals surface area contributed by atoms with Crippen LogP contribution in [-0.2, 0) is 15.3 Å². The number of nitrogens with zero attached hydrogens (tertiary/aromatic N) is 3. The first-order valence-electron chi connectivity index (χ1n) is 13.4. The Bertz CT molecular complexity index is 1930. The zero-order valence-electron chi connectivity index (χ0n) is 23.8. The molecule has 0 saturated heterocycles. The number of aryl methyl sites for hydroxylation is 1. The molecule has 5 aromatic rings. The van der Waals surface area contributed by atoms with E-state index >= 15 is 0 Å². The number of aliphatic hydroxyl groups excluding tert-OH is 1. The number of anilines is 1. The van der Waals surface area contributed by atoms with Crippen LogP contribution < -0.4 is 9.64 Å². The molecule has 1 amide bonds. The molecule has 1 unspecified atom stereocenters. The van der Waals surface area contributed by atoms with Gasteiger partial charge in [-0.2, -0.15) is 0 Å². The van der Waals surface area contributed by atoms with Gasteiger partial charge in [-0.3, -0.25) is 14.5 Å². The van der Waals surface area contributed by atoms with Crippen LogP contribution in [0.5, 0.6) is 5.75 Å². The topological polar surface area (TPSA) is 132 Å². The Labute approximate surface area is 259 Å². The van der Waals surface area contributed by atoms with Crippen molar-refractivity contribution < 1.29 is 33.4 Å². The zero-order chi connectivity index (χ0) is 31.0. The Morgan fingerprint density at radius 1 is 1.05 bits per heavy atom. The van der Waals surface area contributed by atoms with Crippen molar-refractivity contribution in [3.8, 4) is 5.75 Å². The molecule has 1 aliphatic heterocycles. The smallest absolute Gasteiger partial charge is 0.337 e. The van der Waals surface area contributed by atoms with Crippen LogP contribution in [0.15, 0.2) is 92.9 Å². The average Bonchev–Trinajstić information content (AvgIpc) is 3.76. The lowest BCUT2D eigenvalue weighted by Crippen LogP contribution is -2.31. The number of carbonyl (C=O) groups is 3. The Balaban J connectivity index is 1.38. The number of hydrogen-bond donors (Lipinski definition) is 1. The highest BCUT2D eigenvalue weighted by molar-refractivity contribution is 8.00. The summed E-state index contributed by atoms with van der Waals surface area (Å²) in [6, 6.07) is 20.1. The van der Waals surface area contributed by atoms with Crippen molar-refractivity contribution in [2.45, 2.75) is 23.1 Å². The third-order valence-electron chi connectivity index (χ3n) is 7.14. The average molecular weight is 628 g/mol. The first kappa shape index (κ1) is 29.1. The molecule has 0 saturated carbocycles. The van der Waals surface area contributed by atoms with Crippen LogP contribution in [0, 0.1) is 6.92 Å². The lowest BCUT2D eigenvalue weighted by atomic mass is 9.94. The van der Waals surface area contributed by atoms with Crippen molar-refractivity contribution in [2.24, 2.45) is 0 Å². The van der Waals surface area contributed by atoms with E-state index in [1.54, 1.807) is 30.3 Å². The summed E-state index contributed by atoms with van der Waals surface area (Å²) in [5.74, 6) is -1.77. The van der Waals surface area contributed by atoms with Gasteiger partial charge in [0.25, 0.3) is 5.91 Å². The highest BCUT2D eigenvalue weighted by Crippen LogP contribution is 2.44. The molecule has 3 aromatic carbocycles. The second-order valence-electron chi connectivity index (χ2n) is 9.90. The molecule has 6 rings (SSSR count). The minimum absolute atomic E-state index is 0.0801. The van der Waals surface area contributed by atoms with Crippen molar-refractivity contribution in [3.63, 3.8) is 0 Å². The molecule has 0 aliphatic carbocycles. The molecule has 0 spiro atoms. The molecule has 44 heavy (non-hydrogen) atoms. The number of fused-ring (bicyclic) bond motifs is 1. The second-order valence-corrected chi connectivity index (χ2v) is 12.1. The van der Waals surface area contributed by atoms with Crippen molar-refractivity contribution >= 4 is 56.9 Å². The van der Waals surface area contributed by atoms with E-state index in [1.165, 1.54) is 60.4 Å². The molecule has 1 N–H and O–H groups in total. The largest absolute Gasteiger partial charge is 0.503 e. The molecule has 1 aliphatic rings. The van der Waals surface area contributed by atoms with Crippen LogP contribution in [0.4, 0.5) is 5.13 Å². The SMILES string of the molecule is COC(=O)c1ccc(C2C(C(=O)c3cc4cccc(OC)c4o3)=C(O)C(=O)N2c2nnc(SCc3ccc(C)cc3)s2)cc1. The molecule has 12 heteroatoms. The third kappa shape index (κ3) is 5.33. The monoisotopic (exact) mass is 627 g/mol. The minimum Gasteiger partial charge on any atom is -0.503 e. The van der Waals surface area contributed by atoms with Gasteiger partial charge in [0.1, 0.15) is 0 Å². The molecule has 0 fully saturated rings. The molecule has 0 bridgehead atoms. The third-order valence-corrected chi connectivity index (χ3v) is 9.26. The van der Waals surface area contributed by atoms with E-state index in [0.717, 1.165) is 11.1 Å². The van der Waals surface area contributed by atoms with Crippen LogP contribution in [-0.4, -0.2) is 47.2 Å². The zero-order valence-corrected chi connectivity index (χ0v) is 25.4. The van der Waals surface area contributed by atoms with Crippen molar-refractivity contribution in [1.82, 2.24) is 10.2 Å². The number of amides is 1. The molecule has 3 heterocycles. The van der Waals surface area contributed by atoms with Crippen LogP contribution in [0.3, 0.4) is 0 Å². The number of furan rings is 1. The van der Waals surface area contributed by atoms with Crippen LogP contribution in [0.2, 0.25) is 0 Å². The number of carbonyl (C=O) groups excluding carboxylic acids is 3. The lowest BCUT2D eigenvalue weighted by Gasteiger charge is -2.24. The van der Waals surface area contributed by atoms with Gasteiger partial charge < -0.3 is 19.0 Å². The highest BCUT2D eigenvalue weighted by atomic mass is 32.2. The number of ether oxygens (including phenoxy) is 2. The summed E-state index contributed by atoms with van der Waals surface area (Å²) in [7, 11) is 2.77. The number of thioether (sulfide) groups is 1. The van der Waals surface area contributed by atoms with E-state index < -0.39 is 29.5 Å². The molecular weight excluding hydrogens is 603 g/mol. The Hall–Kier alpha value is -4.94. The predicted octanol–water partition coefficient (Wildman–Crippen LogP) is 6.46. The standard InChI is InChI=1S/C32H25N3O7S2/c1-17-7-9-18(10-8-17)16-43-32-34-33-31(44-32)35-25(19-11-13-20(14-12-19)30(39)41-3)24(27(37)29(35)38)26(36)23-15-21-5-4-6-22(40-2)28(21)42-23/h4-15,25,37H,16H2,1-3H3. The van der Waals surface area contributed by atoms with E-state index in [-0.39, 0.29) is 22.0 Å². The Kier molecular flexibility index (Phi) is 7.93. The van der Waals surface area contributed by atoms with E-state index in [0.29, 0.717) is 32.4 Å². The maximum absolute atomic E-state index is 14.0. The number of benzene rings is 3. The lowest BCUT2D eigenvalue weighted by molar-refractivity contribution is -0.117. The molecule has 222 valence electrons. The number of hydrogen-bond acceptors (Lipinski definition) is 11. The molecule has 10 nitrogen and oxygen atoms in total. The molecule has 0 radical (unpaired) electrons. The fraction of sp³-hybridized carbons (Fsp3) is 0.156. The van der Waals surface area contributed by atoms with Crippen LogP contribution >= 0.6 is 23.1 Å². The number of rotatable bonds is 9. The van der Waals surface area contributed by atoms with Gasteiger partial charge in [-0.05, 0) is 42.3 Å². The quantitative estimate of drug-likeness (QED) is 0.0840. The highest BCUT2D eigenvalue weighted by Gasteiger charge is 2.47. The normalized spacial score (nSPS) is 14.8. The number of ketones is 1.